The molecule has 0 radical (unpaired) electrons. The number of hydrogen-bond acceptors (Lipinski definition) is 3. The molecule has 4 nitrogen and oxygen atoms in total. The van der Waals surface area contributed by atoms with Crippen molar-refractivity contribution in [2.75, 3.05) is 13.1 Å². The summed E-state index contributed by atoms with van der Waals surface area (Å²) in [5.74, 6) is 0. The molecule has 3 rings (SSSR count). The maximum Gasteiger partial charge on any atom is 0.0991 e. The summed E-state index contributed by atoms with van der Waals surface area (Å²) in [5.41, 5.74) is 2.41. The molecule has 2 heterocycles. The molecular formula is C14H17N3O. The minimum Gasteiger partial charge on any atom is -0.392 e. The lowest BCUT2D eigenvalue weighted by Crippen LogP contribution is -2.21. The molecule has 18 heavy (non-hydrogen) atoms. The van der Waals surface area contributed by atoms with Crippen molar-refractivity contribution in [2.24, 2.45) is 0 Å². The molecule has 1 saturated heterocycles. The maximum atomic E-state index is 9.49. The SMILES string of the molecule is O[C@@H]1CCN(Cc2ccc(-n3ccnc3)cc2)C1. The fourth-order valence-electron chi connectivity index (χ4n) is 2.40. The van der Waals surface area contributed by atoms with Crippen LogP contribution in [0.25, 0.3) is 5.69 Å². The number of hydrogen-bond donors (Lipinski definition) is 1. The molecule has 0 spiro atoms. The van der Waals surface area contributed by atoms with E-state index in [4.69, 9.17) is 0 Å². The summed E-state index contributed by atoms with van der Waals surface area (Å²) in [4.78, 5) is 6.33. The Labute approximate surface area is 107 Å². The number of aliphatic hydroxyl groups excluding tert-OH is 1. The van der Waals surface area contributed by atoms with Crippen molar-refractivity contribution in [3.8, 4) is 5.69 Å². The summed E-state index contributed by atoms with van der Waals surface area (Å²) in [5, 5.41) is 9.49. The Hall–Kier alpha value is -1.65. The Morgan fingerprint density at radius 2 is 2.11 bits per heavy atom. The molecular weight excluding hydrogens is 226 g/mol. The fraction of sp³-hybridized carbons (Fsp3) is 0.357. The summed E-state index contributed by atoms with van der Waals surface area (Å²) in [6.45, 7) is 2.70. The molecule has 0 unspecified atom stereocenters. The largest absolute Gasteiger partial charge is 0.392 e. The highest BCUT2D eigenvalue weighted by atomic mass is 16.3. The molecule has 1 aliphatic heterocycles. The molecule has 0 bridgehead atoms. The second-order valence-electron chi connectivity index (χ2n) is 4.81. The monoisotopic (exact) mass is 243 g/mol. The first-order valence-corrected chi connectivity index (χ1v) is 6.29. The van der Waals surface area contributed by atoms with Crippen LogP contribution in [0.5, 0.6) is 0 Å². The van der Waals surface area contributed by atoms with Crippen LogP contribution < -0.4 is 0 Å². The van der Waals surface area contributed by atoms with E-state index >= 15 is 0 Å². The first kappa shape index (κ1) is 11.4. The van der Waals surface area contributed by atoms with Gasteiger partial charge in [0.1, 0.15) is 0 Å². The molecule has 2 aromatic rings. The zero-order chi connectivity index (χ0) is 12.4. The average molecular weight is 243 g/mol. The number of benzene rings is 1. The highest BCUT2D eigenvalue weighted by molar-refractivity contribution is 5.34. The normalized spacial score (nSPS) is 20.4. The third-order valence-corrected chi connectivity index (χ3v) is 3.39. The zero-order valence-corrected chi connectivity index (χ0v) is 10.2. The van der Waals surface area contributed by atoms with Gasteiger partial charge in [0, 0.05) is 37.7 Å². The van der Waals surface area contributed by atoms with E-state index in [9.17, 15) is 5.11 Å². The molecule has 1 aliphatic rings. The van der Waals surface area contributed by atoms with E-state index in [1.54, 1.807) is 12.5 Å². The Morgan fingerprint density at radius 3 is 2.72 bits per heavy atom. The van der Waals surface area contributed by atoms with Crippen LogP contribution in [-0.2, 0) is 6.54 Å². The number of nitrogens with zero attached hydrogens (tertiary/aromatic N) is 3. The van der Waals surface area contributed by atoms with Crippen molar-refractivity contribution in [3.63, 3.8) is 0 Å². The summed E-state index contributed by atoms with van der Waals surface area (Å²) >= 11 is 0. The van der Waals surface area contributed by atoms with Crippen molar-refractivity contribution in [1.82, 2.24) is 14.5 Å². The van der Waals surface area contributed by atoms with E-state index in [2.05, 4.69) is 34.1 Å². The summed E-state index contributed by atoms with van der Waals surface area (Å²) in [7, 11) is 0. The van der Waals surface area contributed by atoms with Crippen molar-refractivity contribution in [1.29, 1.82) is 0 Å². The van der Waals surface area contributed by atoms with Gasteiger partial charge in [-0.05, 0) is 24.1 Å². The van der Waals surface area contributed by atoms with Gasteiger partial charge >= 0.3 is 0 Å². The fourth-order valence-corrected chi connectivity index (χ4v) is 2.40. The molecule has 1 aromatic carbocycles. The van der Waals surface area contributed by atoms with Gasteiger partial charge in [0.05, 0.1) is 12.4 Å². The van der Waals surface area contributed by atoms with Gasteiger partial charge in [-0.1, -0.05) is 12.1 Å². The van der Waals surface area contributed by atoms with E-state index in [0.717, 1.165) is 31.7 Å². The molecule has 1 N–H and O–H groups in total. The van der Waals surface area contributed by atoms with Crippen molar-refractivity contribution >= 4 is 0 Å². The Balaban J connectivity index is 1.68. The lowest BCUT2D eigenvalue weighted by molar-refractivity contribution is 0.175. The van der Waals surface area contributed by atoms with E-state index in [1.165, 1.54) is 5.56 Å². The van der Waals surface area contributed by atoms with Gasteiger partial charge in [-0.2, -0.15) is 0 Å². The summed E-state index contributed by atoms with van der Waals surface area (Å²) in [6.07, 6.45) is 6.26. The lowest BCUT2D eigenvalue weighted by atomic mass is 10.2. The predicted octanol–water partition coefficient (Wildman–Crippen LogP) is 1.44. The number of aromatic nitrogens is 2. The quantitative estimate of drug-likeness (QED) is 0.887. The third kappa shape index (κ3) is 2.44. The van der Waals surface area contributed by atoms with Crippen LogP contribution in [0.15, 0.2) is 43.0 Å². The standard InChI is InChI=1S/C14H17N3O/c18-14-5-7-16(10-14)9-12-1-3-13(4-2-12)17-8-6-15-11-17/h1-4,6,8,11,14,18H,5,7,9-10H2/t14-/m1/s1. The Morgan fingerprint density at radius 1 is 1.28 bits per heavy atom. The minimum absolute atomic E-state index is 0.143. The molecule has 0 saturated carbocycles. The van der Waals surface area contributed by atoms with Crippen LogP contribution in [0, 0.1) is 0 Å². The van der Waals surface area contributed by atoms with Gasteiger partial charge < -0.3 is 9.67 Å². The van der Waals surface area contributed by atoms with Crippen molar-refractivity contribution in [2.45, 2.75) is 19.1 Å². The van der Waals surface area contributed by atoms with Crippen LogP contribution in [0.1, 0.15) is 12.0 Å². The first-order valence-electron chi connectivity index (χ1n) is 6.29. The van der Waals surface area contributed by atoms with Crippen LogP contribution in [0.3, 0.4) is 0 Å². The van der Waals surface area contributed by atoms with Crippen LogP contribution in [0.4, 0.5) is 0 Å². The van der Waals surface area contributed by atoms with Gasteiger partial charge in [-0.15, -0.1) is 0 Å². The van der Waals surface area contributed by atoms with Gasteiger partial charge in [-0.3, -0.25) is 4.90 Å². The molecule has 1 atom stereocenters. The van der Waals surface area contributed by atoms with Crippen LogP contribution in [-0.4, -0.2) is 38.8 Å². The third-order valence-electron chi connectivity index (χ3n) is 3.39. The molecule has 4 heteroatoms. The molecule has 0 aliphatic carbocycles. The Bertz CT molecular complexity index is 492. The number of aliphatic hydroxyl groups is 1. The van der Waals surface area contributed by atoms with E-state index < -0.39 is 0 Å². The Kier molecular flexibility index (Phi) is 3.13. The maximum absolute atomic E-state index is 9.49. The highest BCUT2D eigenvalue weighted by Crippen LogP contribution is 2.15. The zero-order valence-electron chi connectivity index (χ0n) is 10.2. The van der Waals surface area contributed by atoms with Gasteiger partial charge in [0.15, 0.2) is 0 Å². The van der Waals surface area contributed by atoms with Crippen LogP contribution in [0.2, 0.25) is 0 Å². The number of rotatable bonds is 3. The lowest BCUT2D eigenvalue weighted by Gasteiger charge is -2.15. The number of β-amino-alcohol motifs (C(OH)–C–C–N with tert-alkyl or cyclic N) is 1. The molecule has 1 aromatic heterocycles. The second kappa shape index (κ2) is 4.92. The summed E-state index contributed by atoms with van der Waals surface area (Å²) < 4.78 is 1.99. The highest BCUT2D eigenvalue weighted by Gasteiger charge is 2.19. The number of imidazole rings is 1. The van der Waals surface area contributed by atoms with E-state index in [1.807, 2.05) is 10.8 Å². The summed E-state index contributed by atoms with van der Waals surface area (Å²) in [6, 6.07) is 8.48. The second-order valence-corrected chi connectivity index (χ2v) is 4.81. The minimum atomic E-state index is -0.143. The molecule has 94 valence electrons. The number of likely N-dealkylation sites (tertiary alicyclic amines) is 1. The van der Waals surface area contributed by atoms with E-state index in [-0.39, 0.29) is 6.10 Å². The molecule has 1 fully saturated rings. The molecule has 0 amide bonds. The average Bonchev–Trinajstić information content (AvgIpc) is 3.02. The van der Waals surface area contributed by atoms with E-state index in [0.29, 0.717) is 0 Å². The first-order chi connectivity index (χ1) is 8.81. The van der Waals surface area contributed by atoms with Crippen LogP contribution >= 0.6 is 0 Å². The topological polar surface area (TPSA) is 41.3 Å². The van der Waals surface area contributed by atoms with Crippen molar-refractivity contribution in [3.05, 3.63) is 48.5 Å². The van der Waals surface area contributed by atoms with Gasteiger partial charge in [-0.25, -0.2) is 4.98 Å². The van der Waals surface area contributed by atoms with Crippen molar-refractivity contribution < 1.29 is 5.11 Å². The predicted molar refractivity (Wildman–Crippen MR) is 69.5 cm³/mol. The van der Waals surface area contributed by atoms with Gasteiger partial charge in [0.2, 0.25) is 0 Å². The smallest absolute Gasteiger partial charge is 0.0991 e. The van der Waals surface area contributed by atoms with Gasteiger partial charge in [0.25, 0.3) is 0 Å².